The highest BCUT2D eigenvalue weighted by Crippen LogP contribution is 2.27. The lowest BCUT2D eigenvalue weighted by Crippen LogP contribution is -2.34. The minimum atomic E-state index is 0.554. The van der Waals surface area contributed by atoms with Crippen molar-refractivity contribution in [3.8, 4) is 0 Å². The maximum Gasteiger partial charge on any atom is 0.138 e. The van der Waals surface area contributed by atoms with Crippen molar-refractivity contribution in [1.29, 1.82) is 0 Å². The van der Waals surface area contributed by atoms with Crippen molar-refractivity contribution in [1.82, 2.24) is 20.1 Å². The van der Waals surface area contributed by atoms with Crippen LogP contribution in [0.15, 0.2) is 6.33 Å². The number of hydrogen-bond acceptors (Lipinski definition) is 3. The van der Waals surface area contributed by atoms with Gasteiger partial charge in [0.2, 0.25) is 0 Å². The molecule has 1 aromatic heterocycles. The number of rotatable bonds is 8. The fraction of sp³-hybridized carbons (Fsp3) is 0.882. The first-order chi connectivity index (χ1) is 10.3. The molecular weight excluding hydrogens is 260 g/mol. The number of aryl methyl sites for hydroxylation is 1. The summed E-state index contributed by atoms with van der Waals surface area (Å²) in [6.45, 7) is 6.42. The summed E-state index contributed by atoms with van der Waals surface area (Å²) in [5, 5.41) is 8.04. The van der Waals surface area contributed by atoms with Gasteiger partial charge in [-0.25, -0.2) is 4.98 Å². The summed E-state index contributed by atoms with van der Waals surface area (Å²) in [7, 11) is 0. The highest BCUT2D eigenvalue weighted by molar-refractivity contribution is 4.91. The van der Waals surface area contributed by atoms with Crippen LogP contribution in [0.5, 0.6) is 0 Å². The van der Waals surface area contributed by atoms with Crippen molar-refractivity contribution < 1.29 is 0 Å². The van der Waals surface area contributed by atoms with E-state index in [0.29, 0.717) is 6.04 Å². The summed E-state index contributed by atoms with van der Waals surface area (Å²) < 4.78 is 2.08. The van der Waals surface area contributed by atoms with E-state index in [-0.39, 0.29) is 0 Å². The lowest BCUT2D eigenvalue weighted by atomic mass is 9.91. The minimum absolute atomic E-state index is 0.554. The molecule has 1 saturated carbocycles. The van der Waals surface area contributed by atoms with Crippen molar-refractivity contribution in [2.24, 2.45) is 5.92 Å². The van der Waals surface area contributed by atoms with E-state index in [1.807, 2.05) is 0 Å². The number of aromatic nitrogens is 3. The lowest BCUT2D eigenvalue weighted by molar-refractivity contribution is 0.346. The van der Waals surface area contributed by atoms with Crippen molar-refractivity contribution in [2.45, 2.75) is 84.2 Å². The Kier molecular flexibility index (Phi) is 7.20. The average molecular weight is 292 g/mol. The molecule has 120 valence electrons. The normalized spacial score (nSPS) is 18.6. The van der Waals surface area contributed by atoms with Crippen molar-refractivity contribution >= 4 is 0 Å². The predicted octanol–water partition coefficient (Wildman–Crippen LogP) is 3.57. The molecule has 1 fully saturated rings. The van der Waals surface area contributed by atoms with E-state index in [9.17, 15) is 0 Å². The zero-order valence-electron chi connectivity index (χ0n) is 13.9. The van der Waals surface area contributed by atoms with Crippen molar-refractivity contribution in [2.75, 3.05) is 6.54 Å². The summed E-state index contributed by atoms with van der Waals surface area (Å²) in [5.41, 5.74) is 0. The number of likely N-dealkylation sites (N-methyl/N-ethyl adjacent to an activating group) is 1. The van der Waals surface area contributed by atoms with E-state index in [4.69, 9.17) is 0 Å². The van der Waals surface area contributed by atoms with Gasteiger partial charge in [-0.1, -0.05) is 52.4 Å². The molecule has 1 atom stereocenters. The third kappa shape index (κ3) is 5.42. The van der Waals surface area contributed by atoms with Gasteiger partial charge in [0, 0.05) is 19.0 Å². The van der Waals surface area contributed by atoms with Gasteiger partial charge in [-0.2, -0.15) is 5.10 Å². The molecule has 0 aromatic carbocycles. The molecule has 1 aliphatic carbocycles. The summed E-state index contributed by atoms with van der Waals surface area (Å²) in [6, 6.07) is 0.554. The SMILES string of the molecule is CCCn1ncnc1CC(CC1CCCCCC1)NCC. The van der Waals surface area contributed by atoms with Crippen LogP contribution < -0.4 is 5.32 Å². The second-order valence-electron chi connectivity index (χ2n) is 6.45. The maximum atomic E-state index is 4.48. The Hall–Kier alpha value is -0.900. The molecule has 1 N–H and O–H groups in total. The maximum absolute atomic E-state index is 4.48. The number of nitrogens with one attached hydrogen (secondary N) is 1. The van der Waals surface area contributed by atoms with Crippen molar-refractivity contribution in [3.63, 3.8) is 0 Å². The smallest absolute Gasteiger partial charge is 0.138 e. The number of nitrogens with zero attached hydrogens (tertiary/aromatic N) is 3. The highest BCUT2D eigenvalue weighted by atomic mass is 15.3. The Bertz CT molecular complexity index is 380. The first kappa shape index (κ1) is 16.5. The zero-order valence-corrected chi connectivity index (χ0v) is 13.9. The molecular formula is C17H32N4. The van der Waals surface area contributed by atoms with E-state index in [1.54, 1.807) is 6.33 Å². The molecule has 4 heteroatoms. The van der Waals surface area contributed by atoms with Crippen LogP contribution in [-0.2, 0) is 13.0 Å². The van der Waals surface area contributed by atoms with E-state index in [1.165, 1.54) is 44.9 Å². The van der Waals surface area contributed by atoms with Crippen molar-refractivity contribution in [3.05, 3.63) is 12.2 Å². The summed E-state index contributed by atoms with van der Waals surface area (Å²) in [5.74, 6) is 2.05. The molecule has 0 bridgehead atoms. The Morgan fingerprint density at radius 3 is 2.67 bits per heavy atom. The van der Waals surface area contributed by atoms with E-state index < -0.39 is 0 Å². The molecule has 2 rings (SSSR count). The molecule has 0 radical (unpaired) electrons. The third-order valence-corrected chi connectivity index (χ3v) is 4.65. The Labute approximate surface area is 129 Å². The molecule has 21 heavy (non-hydrogen) atoms. The highest BCUT2D eigenvalue weighted by Gasteiger charge is 2.19. The van der Waals surface area contributed by atoms with Gasteiger partial charge in [0.1, 0.15) is 12.2 Å². The first-order valence-corrected chi connectivity index (χ1v) is 8.93. The molecule has 1 aromatic rings. The van der Waals surface area contributed by atoms with Gasteiger partial charge in [-0.15, -0.1) is 0 Å². The second-order valence-corrected chi connectivity index (χ2v) is 6.45. The van der Waals surface area contributed by atoms with Crippen LogP contribution in [0.4, 0.5) is 0 Å². The van der Waals surface area contributed by atoms with Crippen LogP contribution in [0.1, 0.15) is 71.0 Å². The largest absolute Gasteiger partial charge is 0.314 e. The van der Waals surface area contributed by atoms with Gasteiger partial charge in [0.25, 0.3) is 0 Å². The van der Waals surface area contributed by atoms with E-state index in [2.05, 4.69) is 33.9 Å². The van der Waals surface area contributed by atoms with Crippen LogP contribution in [0.3, 0.4) is 0 Å². The lowest BCUT2D eigenvalue weighted by Gasteiger charge is -2.23. The Balaban J connectivity index is 1.92. The van der Waals surface area contributed by atoms with Gasteiger partial charge < -0.3 is 5.32 Å². The summed E-state index contributed by atoms with van der Waals surface area (Å²) in [4.78, 5) is 4.48. The zero-order chi connectivity index (χ0) is 14.9. The second kappa shape index (κ2) is 9.19. The average Bonchev–Trinajstić information content (AvgIpc) is 2.74. The van der Waals surface area contributed by atoms with Gasteiger partial charge >= 0.3 is 0 Å². The molecule has 0 saturated heterocycles. The van der Waals surface area contributed by atoms with E-state index >= 15 is 0 Å². The molecule has 0 aliphatic heterocycles. The van der Waals surface area contributed by atoms with Crippen LogP contribution in [0, 0.1) is 5.92 Å². The van der Waals surface area contributed by atoms with Gasteiger partial charge in [-0.3, -0.25) is 4.68 Å². The molecule has 4 nitrogen and oxygen atoms in total. The standard InChI is InChI=1S/C17H32N4/c1-3-11-21-17(19-14-20-21)13-16(18-4-2)12-15-9-7-5-6-8-10-15/h14-16,18H,3-13H2,1-2H3. The minimum Gasteiger partial charge on any atom is -0.314 e. The summed E-state index contributed by atoms with van der Waals surface area (Å²) in [6.07, 6.45) is 13.7. The number of hydrogen-bond donors (Lipinski definition) is 1. The van der Waals surface area contributed by atoms with Gasteiger partial charge in [0.05, 0.1) is 0 Å². The van der Waals surface area contributed by atoms with Gasteiger partial charge in [0.15, 0.2) is 0 Å². The fourth-order valence-corrected chi connectivity index (χ4v) is 3.59. The molecule has 1 heterocycles. The molecule has 1 aliphatic rings. The first-order valence-electron chi connectivity index (χ1n) is 8.93. The van der Waals surface area contributed by atoms with Crippen LogP contribution in [0.25, 0.3) is 0 Å². The van der Waals surface area contributed by atoms with Gasteiger partial charge in [-0.05, 0) is 25.3 Å². The monoisotopic (exact) mass is 292 g/mol. The molecule has 0 amide bonds. The Morgan fingerprint density at radius 2 is 2.00 bits per heavy atom. The van der Waals surface area contributed by atoms with E-state index in [0.717, 1.165) is 37.7 Å². The third-order valence-electron chi connectivity index (χ3n) is 4.65. The summed E-state index contributed by atoms with van der Waals surface area (Å²) >= 11 is 0. The quantitative estimate of drug-likeness (QED) is 0.745. The Morgan fingerprint density at radius 1 is 1.24 bits per heavy atom. The molecule has 0 spiro atoms. The van der Waals surface area contributed by atoms with Crippen LogP contribution in [-0.4, -0.2) is 27.4 Å². The van der Waals surface area contributed by atoms with Crippen LogP contribution in [0.2, 0.25) is 0 Å². The molecule has 1 unspecified atom stereocenters. The topological polar surface area (TPSA) is 42.7 Å². The predicted molar refractivity (Wildman–Crippen MR) is 87.3 cm³/mol. The fourth-order valence-electron chi connectivity index (χ4n) is 3.59. The van der Waals surface area contributed by atoms with Crippen LogP contribution >= 0.6 is 0 Å².